The lowest BCUT2D eigenvalue weighted by Crippen LogP contribution is -2.65. The zero-order valence-electron chi connectivity index (χ0n) is 25.1. The number of rotatable bonds is 10. The van der Waals surface area contributed by atoms with E-state index in [2.05, 4.69) is 58.8 Å². The number of amidine groups is 2. The van der Waals surface area contributed by atoms with Gasteiger partial charge in [0.15, 0.2) is 0 Å². The Morgan fingerprint density at radius 1 is 0.900 bits per heavy atom. The molecule has 0 aromatic carbocycles. The fourth-order valence-corrected chi connectivity index (χ4v) is 7.56. The van der Waals surface area contributed by atoms with Gasteiger partial charge in [0.05, 0.1) is 32.1 Å². The maximum atomic E-state index is 7.72. The van der Waals surface area contributed by atoms with Gasteiger partial charge >= 0.3 is 0 Å². The lowest BCUT2D eigenvalue weighted by molar-refractivity contribution is 0.0372. The highest BCUT2D eigenvalue weighted by molar-refractivity contribution is 6.26. The van der Waals surface area contributed by atoms with Crippen molar-refractivity contribution in [2.75, 3.05) is 65.7 Å². The highest BCUT2D eigenvalue weighted by Gasteiger charge is 2.50. The van der Waals surface area contributed by atoms with Gasteiger partial charge in [0, 0.05) is 62.3 Å². The standard InChI is InChI=1S/C30H50ClN7O2/c1-28(2)22-24(23-29(3,4)35-28)38-27(10-7-13-37-16-20-40-21-17-37)33-26(9-6-12-36-14-18-39-19-15-36)34-30(38,31)25-8-5-11-32-25/h5,8,11,24,32,35H,6-7,9-10,12-23H2,1-4H3. The Bertz CT molecular complexity index is 999. The monoisotopic (exact) mass is 575 g/mol. The molecule has 0 spiro atoms. The summed E-state index contributed by atoms with van der Waals surface area (Å²) in [5, 5.41) is 2.81. The smallest absolute Gasteiger partial charge is 0.253 e. The molecule has 2 N–H and O–H groups in total. The molecular weight excluding hydrogens is 526 g/mol. The quantitative estimate of drug-likeness (QED) is 0.324. The number of aromatic amines is 1. The second-order valence-corrected chi connectivity index (χ2v) is 13.7. The predicted molar refractivity (Wildman–Crippen MR) is 162 cm³/mol. The summed E-state index contributed by atoms with van der Waals surface area (Å²) in [5.41, 5.74) is 0.858. The van der Waals surface area contributed by atoms with Crippen LogP contribution in [0.25, 0.3) is 0 Å². The van der Waals surface area contributed by atoms with Gasteiger partial charge in [-0.05, 0) is 78.6 Å². The van der Waals surface area contributed by atoms with E-state index in [1.54, 1.807) is 0 Å². The molecule has 9 nitrogen and oxygen atoms in total. The molecule has 5 rings (SSSR count). The molecule has 3 saturated heterocycles. The largest absolute Gasteiger partial charge is 0.379 e. The zero-order valence-corrected chi connectivity index (χ0v) is 25.8. The van der Waals surface area contributed by atoms with Crippen LogP contribution in [0.15, 0.2) is 28.3 Å². The molecule has 0 radical (unpaired) electrons. The number of morpholine rings is 2. The number of aliphatic imine (C=N–C) groups is 2. The molecule has 1 atom stereocenters. The van der Waals surface area contributed by atoms with Gasteiger partial charge < -0.3 is 24.7 Å². The third-order valence-electron chi connectivity index (χ3n) is 8.56. The van der Waals surface area contributed by atoms with Crippen molar-refractivity contribution >= 4 is 23.3 Å². The van der Waals surface area contributed by atoms with Crippen molar-refractivity contribution in [2.45, 2.75) is 88.5 Å². The normalized spacial score (nSPS) is 28.4. The number of ether oxygens (including phenoxy) is 2. The van der Waals surface area contributed by atoms with Crippen LogP contribution in [0.3, 0.4) is 0 Å². The topological polar surface area (TPSA) is 80.7 Å². The first-order valence-electron chi connectivity index (χ1n) is 15.3. The number of halogens is 1. The molecule has 224 valence electrons. The van der Waals surface area contributed by atoms with Crippen LogP contribution in [-0.4, -0.2) is 114 Å². The van der Waals surface area contributed by atoms with Crippen LogP contribution in [0.1, 0.15) is 71.9 Å². The first kappa shape index (κ1) is 30.0. The number of hydrogen-bond acceptors (Lipinski definition) is 8. The molecule has 3 fully saturated rings. The average molecular weight is 576 g/mol. The maximum absolute atomic E-state index is 7.72. The van der Waals surface area contributed by atoms with Gasteiger partial charge in [-0.2, -0.15) is 0 Å². The number of alkyl halides is 1. The van der Waals surface area contributed by atoms with E-state index in [1.165, 1.54) is 0 Å². The second-order valence-electron chi connectivity index (χ2n) is 13.2. The van der Waals surface area contributed by atoms with Crippen LogP contribution in [0, 0.1) is 0 Å². The lowest BCUT2D eigenvalue weighted by Gasteiger charge is -2.53. The number of piperidine rings is 1. The van der Waals surface area contributed by atoms with Crippen molar-refractivity contribution in [3.8, 4) is 0 Å². The van der Waals surface area contributed by atoms with Crippen LogP contribution in [0.5, 0.6) is 0 Å². The van der Waals surface area contributed by atoms with Crippen molar-refractivity contribution in [1.29, 1.82) is 0 Å². The SMILES string of the molecule is CC1(C)CC(N2C(CCCN3CCOCC3)=NC(CCCN3CCOCC3)=NC2(Cl)c2ccc[nH]2)CC(C)(C)N1. The Balaban J connectivity index is 1.41. The molecule has 1 unspecified atom stereocenters. The Morgan fingerprint density at radius 2 is 1.48 bits per heavy atom. The van der Waals surface area contributed by atoms with Gasteiger partial charge in [-0.1, -0.05) is 11.6 Å². The average Bonchev–Trinajstić information content (AvgIpc) is 3.44. The zero-order chi connectivity index (χ0) is 28.2. The Hall–Kier alpha value is -1.49. The van der Waals surface area contributed by atoms with Crippen molar-refractivity contribution in [3.63, 3.8) is 0 Å². The molecule has 1 aromatic rings. The molecule has 5 heterocycles. The van der Waals surface area contributed by atoms with Crippen LogP contribution < -0.4 is 5.32 Å². The van der Waals surface area contributed by atoms with Crippen LogP contribution in [0.2, 0.25) is 0 Å². The molecule has 1 aromatic heterocycles. The van der Waals surface area contributed by atoms with E-state index in [1.807, 2.05) is 12.3 Å². The van der Waals surface area contributed by atoms with Crippen LogP contribution >= 0.6 is 11.6 Å². The van der Waals surface area contributed by atoms with Crippen molar-refractivity contribution < 1.29 is 9.47 Å². The molecule has 4 aliphatic heterocycles. The molecule has 10 heteroatoms. The minimum absolute atomic E-state index is 0.0268. The van der Waals surface area contributed by atoms with E-state index in [4.69, 9.17) is 31.1 Å². The number of nitrogens with zero attached hydrogens (tertiary/aromatic N) is 5. The summed E-state index contributed by atoms with van der Waals surface area (Å²) in [7, 11) is 0. The maximum Gasteiger partial charge on any atom is 0.253 e. The Labute approximate surface area is 245 Å². The molecule has 0 bridgehead atoms. The lowest BCUT2D eigenvalue weighted by atomic mass is 9.78. The summed E-state index contributed by atoms with van der Waals surface area (Å²) in [6.45, 7) is 18.6. The van der Waals surface area contributed by atoms with E-state index in [0.717, 1.165) is 122 Å². The molecular formula is C30H50ClN7O2. The van der Waals surface area contributed by atoms with E-state index in [-0.39, 0.29) is 17.1 Å². The van der Waals surface area contributed by atoms with Gasteiger partial charge in [-0.15, -0.1) is 0 Å². The summed E-state index contributed by atoms with van der Waals surface area (Å²) in [6, 6.07) is 4.29. The molecule has 0 amide bonds. The highest BCUT2D eigenvalue weighted by atomic mass is 35.5. The Kier molecular flexibility index (Phi) is 9.59. The third kappa shape index (κ3) is 7.47. The van der Waals surface area contributed by atoms with Crippen molar-refractivity contribution in [1.82, 2.24) is 25.0 Å². The van der Waals surface area contributed by atoms with E-state index in [0.29, 0.717) is 0 Å². The van der Waals surface area contributed by atoms with Gasteiger partial charge in [0.25, 0.3) is 5.12 Å². The van der Waals surface area contributed by atoms with Gasteiger partial charge in [-0.25, -0.2) is 9.98 Å². The van der Waals surface area contributed by atoms with E-state index >= 15 is 0 Å². The fourth-order valence-electron chi connectivity index (χ4n) is 7.10. The minimum atomic E-state index is -1.04. The Morgan fingerprint density at radius 3 is 2.02 bits per heavy atom. The fraction of sp³-hybridized carbons (Fsp3) is 0.800. The summed E-state index contributed by atoms with van der Waals surface area (Å²) in [6.07, 6.45) is 7.62. The first-order chi connectivity index (χ1) is 19.1. The summed E-state index contributed by atoms with van der Waals surface area (Å²) < 4.78 is 11.1. The van der Waals surface area contributed by atoms with Gasteiger partial charge in [0.2, 0.25) is 0 Å². The number of nitrogens with one attached hydrogen (secondary N) is 2. The van der Waals surface area contributed by atoms with Crippen LogP contribution in [0.4, 0.5) is 0 Å². The second kappa shape index (κ2) is 12.8. The number of hydrogen-bond donors (Lipinski definition) is 2. The molecule has 40 heavy (non-hydrogen) atoms. The number of H-pyrrole nitrogens is 1. The minimum Gasteiger partial charge on any atom is -0.379 e. The van der Waals surface area contributed by atoms with Gasteiger partial charge in [-0.3, -0.25) is 9.80 Å². The van der Waals surface area contributed by atoms with Crippen molar-refractivity contribution in [2.24, 2.45) is 9.98 Å². The van der Waals surface area contributed by atoms with E-state index < -0.39 is 5.12 Å². The molecule has 0 saturated carbocycles. The molecule has 0 aliphatic carbocycles. The predicted octanol–water partition coefficient (Wildman–Crippen LogP) is 4.01. The first-order valence-corrected chi connectivity index (χ1v) is 15.7. The summed E-state index contributed by atoms with van der Waals surface area (Å²) in [5.74, 6) is 1.94. The van der Waals surface area contributed by atoms with Gasteiger partial charge in [0.1, 0.15) is 11.7 Å². The highest BCUT2D eigenvalue weighted by Crippen LogP contribution is 2.44. The van der Waals surface area contributed by atoms with Crippen LogP contribution in [-0.2, 0) is 14.6 Å². The summed E-state index contributed by atoms with van der Waals surface area (Å²) >= 11 is 7.72. The molecule has 4 aliphatic rings. The van der Waals surface area contributed by atoms with E-state index in [9.17, 15) is 0 Å². The number of aromatic nitrogens is 1. The third-order valence-corrected chi connectivity index (χ3v) is 9.03. The summed E-state index contributed by atoms with van der Waals surface area (Å²) in [4.78, 5) is 21.3. The van der Waals surface area contributed by atoms with Crippen molar-refractivity contribution in [3.05, 3.63) is 24.0 Å².